The van der Waals surface area contributed by atoms with E-state index in [9.17, 15) is 18.4 Å². The average Bonchev–Trinajstić information content (AvgIpc) is 3.17. The van der Waals surface area contributed by atoms with Gasteiger partial charge in [0.05, 0.1) is 40.2 Å². The molecule has 0 atom stereocenters. The number of benzene rings is 1. The predicted octanol–water partition coefficient (Wildman–Crippen LogP) is 4.44. The van der Waals surface area contributed by atoms with Gasteiger partial charge < -0.3 is 10.1 Å². The van der Waals surface area contributed by atoms with Crippen molar-refractivity contribution in [3.8, 4) is 10.6 Å². The number of hydrogen-bond donors (Lipinski definition) is 1. The number of amides is 1. The number of carbonyl (C=O) groups excluding carboxylic acids is 2. The number of nitrogens with zero attached hydrogens (tertiary/aromatic N) is 1. The molecule has 0 aliphatic rings. The van der Waals surface area contributed by atoms with E-state index in [0.29, 0.717) is 11.8 Å². The first kappa shape index (κ1) is 18.7. The molecule has 0 radical (unpaired) electrons. The van der Waals surface area contributed by atoms with Gasteiger partial charge in [-0.15, -0.1) is 11.3 Å². The lowest BCUT2D eigenvalue weighted by atomic mass is 10.1. The fraction of sp³-hybridized carbons (Fsp3) is 0.105. The number of methoxy groups -OCH3 is 1. The molecule has 0 spiro atoms. The van der Waals surface area contributed by atoms with Gasteiger partial charge >= 0.3 is 5.97 Å². The van der Waals surface area contributed by atoms with Gasteiger partial charge in [0.1, 0.15) is 11.6 Å². The van der Waals surface area contributed by atoms with Crippen LogP contribution in [0.2, 0.25) is 0 Å². The van der Waals surface area contributed by atoms with E-state index in [1.165, 1.54) is 11.3 Å². The van der Waals surface area contributed by atoms with Gasteiger partial charge in [0.25, 0.3) is 5.91 Å². The van der Waals surface area contributed by atoms with Crippen LogP contribution in [0.15, 0.2) is 41.8 Å². The zero-order chi connectivity index (χ0) is 19.6. The molecule has 5 nitrogen and oxygen atoms in total. The lowest BCUT2D eigenvalue weighted by molar-refractivity contribution is 0.0595. The largest absolute Gasteiger partial charge is 0.465 e. The van der Waals surface area contributed by atoms with Crippen LogP contribution in [0.25, 0.3) is 10.6 Å². The molecule has 0 fully saturated rings. The van der Waals surface area contributed by atoms with E-state index in [4.69, 9.17) is 0 Å². The number of aromatic nitrogens is 1. The zero-order valence-electron chi connectivity index (χ0n) is 14.4. The van der Waals surface area contributed by atoms with Crippen molar-refractivity contribution in [2.45, 2.75) is 6.92 Å². The zero-order valence-corrected chi connectivity index (χ0v) is 15.2. The molecule has 0 saturated heterocycles. The number of ether oxygens (including phenoxy) is 1. The Hall–Kier alpha value is -3.13. The third-order valence-electron chi connectivity index (χ3n) is 3.81. The van der Waals surface area contributed by atoms with Crippen LogP contribution in [-0.4, -0.2) is 24.0 Å². The molecule has 27 heavy (non-hydrogen) atoms. The summed E-state index contributed by atoms with van der Waals surface area (Å²) in [4.78, 5) is 29.4. The van der Waals surface area contributed by atoms with Crippen molar-refractivity contribution in [2.75, 3.05) is 12.4 Å². The van der Waals surface area contributed by atoms with Crippen molar-refractivity contribution in [2.24, 2.45) is 0 Å². The number of carbonyl (C=O) groups is 2. The first-order valence-corrected chi connectivity index (χ1v) is 8.69. The van der Waals surface area contributed by atoms with Gasteiger partial charge in [-0.25, -0.2) is 13.6 Å². The molecule has 0 bridgehead atoms. The van der Waals surface area contributed by atoms with Gasteiger partial charge in [0.15, 0.2) is 0 Å². The topological polar surface area (TPSA) is 68.3 Å². The van der Waals surface area contributed by atoms with Gasteiger partial charge in [0, 0.05) is 6.07 Å². The fourth-order valence-electron chi connectivity index (χ4n) is 2.46. The van der Waals surface area contributed by atoms with Gasteiger partial charge in [-0.2, -0.15) is 0 Å². The highest BCUT2D eigenvalue weighted by Gasteiger charge is 2.19. The normalized spacial score (nSPS) is 10.5. The van der Waals surface area contributed by atoms with Crippen molar-refractivity contribution < 1.29 is 23.1 Å². The van der Waals surface area contributed by atoms with Crippen molar-refractivity contribution in [3.63, 3.8) is 0 Å². The first-order valence-electron chi connectivity index (χ1n) is 7.81. The third-order valence-corrected chi connectivity index (χ3v) is 4.71. The molecule has 0 saturated carbocycles. The summed E-state index contributed by atoms with van der Waals surface area (Å²) >= 11 is 1.52. The van der Waals surface area contributed by atoms with E-state index in [-0.39, 0.29) is 11.3 Å². The number of thiophene rings is 1. The maximum absolute atomic E-state index is 14.0. The Kier molecular flexibility index (Phi) is 5.27. The fourth-order valence-corrected chi connectivity index (χ4v) is 3.16. The Labute approximate surface area is 157 Å². The summed E-state index contributed by atoms with van der Waals surface area (Å²) in [6.45, 7) is 1.66. The Morgan fingerprint density at radius 2 is 1.89 bits per heavy atom. The van der Waals surface area contributed by atoms with Crippen LogP contribution >= 0.6 is 11.3 Å². The SMILES string of the molecule is COC(=O)c1cc(NC(=O)c2ccc(-c3cccs3)nc2C)c(F)cc1F. The molecule has 8 heteroatoms. The van der Waals surface area contributed by atoms with E-state index in [0.717, 1.165) is 23.7 Å². The highest BCUT2D eigenvalue weighted by Crippen LogP contribution is 2.25. The number of anilines is 1. The standard InChI is InChI=1S/C19H14F2N2O3S/c1-10-11(5-6-15(22-10)17-4-3-7-27-17)18(24)23-16-8-12(19(25)26-2)13(20)9-14(16)21/h3-9H,1-2H3,(H,23,24). The number of rotatable bonds is 4. The summed E-state index contributed by atoms with van der Waals surface area (Å²) in [5.74, 6) is -3.68. The second-order valence-electron chi connectivity index (χ2n) is 5.56. The summed E-state index contributed by atoms with van der Waals surface area (Å²) in [6.07, 6.45) is 0. The molecular formula is C19H14F2N2O3S. The molecule has 3 rings (SSSR count). The number of pyridine rings is 1. The highest BCUT2D eigenvalue weighted by molar-refractivity contribution is 7.13. The second-order valence-corrected chi connectivity index (χ2v) is 6.51. The summed E-state index contributed by atoms with van der Waals surface area (Å²) in [5.41, 5.74) is 0.605. The molecular weight excluding hydrogens is 374 g/mol. The molecule has 1 N–H and O–H groups in total. The molecule has 0 aliphatic heterocycles. The number of esters is 1. The molecule has 2 aromatic heterocycles. The van der Waals surface area contributed by atoms with Crippen LogP contribution in [0.3, 0.4) is 0 Å². The van der Waals surface area contributed by atoms with Crippen molar-refractivity contribution in [1.29, 1.82) is 0 Å². The van der Waals surface area contributed by atoms with Crippen LogP contribution in [0, 0.1) is 18.6 Å². The van der Waals surface area contributed by atoms with Crippen LogP contribution in [0.5, 0.6) is 0 Å². The Bertz CT molecular complexity index is 1020. The minimum Gasteiger partial charge on any atom is -0.465 e. The summed E-state index contributed by atoms with van der Waals surface area (Å²) in [5, 5.41) is 4.26. The monoisotopic (exact) mass is 388 g/mol. The van der Waals surface area contributed by atoms with E-state index in [1.54, 1.807) is 19.1 Å². The number of hydrogen-bond acceptors (Lipinski definition) is 5. The maximum atomic E-state index is 14.0. The Morgan fingerprint density at radius 3 is 2.52 bits per heavy atom. The summed E-state index contributed by atoms with van der Waals surface area (Å²) < 4.78 is 32.2. The van der Waals surface area contributed by atoms with Gasteiger partial charge in [0.2, 0.25) is 0 Å². The van der Waals surface area contributed by atoms with Gasteiger partial charge in [-0.05, 0) is 36.6 Å². The minimum atomic E-state index is -1.07. The maximum Gasteiger partial charge on any atom is 0.340 e. The molecule has 138 valence electrons. The second kappa shape index (κ2) is 7.63. The van der Waals surface area contributed by atoms with Crippen LogP contribution in [0.4, 0.5) is 14.5 Å². The molecule has 3 aromatic rings. The van der Waals surface area contributed by atoms with Crippen LogP contribution in [-0.2, 0) is 4.74 Å². The summed E-state index contributed by atoms with van der Waals surface area (Å²) in [7, 11) is 1.08. The lowest BCUT2D eigenvalue weighted by Crippen LogP contribution is -2.16. The summed E-state index contributed by atoms with van der Waals surface area (Å²) in [6, 6.07) is 8.50. The minimum absolute atomic E-state index is 0.235. The van der Waals surface area contributed by atoms with E-state index < -0.39 is 29.1 Å². The molecule has 2 heterocycles. The van der Waals surface area contributed by atoms with E-state index in [1.807, 2.05) is 17.5 Å². The average molecular weight is 388 g/mol. The van der Waals surface area contributed by atoms with Crippen molar-refractivity contribution >= 4 is 28.9 Å². The Morgan fingerprint density at radius 1 is 1.11 bits per heavy atom. The van der Waals surface area contributed by atoms with Crippen LogP contribution in [0.1, 0.15) is 26.4 Å². The van der Waals surface area contributed by atoms with E-state index in [2.05, 4.69) is 15.0 Å². The quantitative estimate of drug-likeness (QED) is 0.671. The van der Waals surface area contributed by atoms with Crippen molar-refractivity contribution in [1.82, 2.24) is 4.98 Å². The molecule has 1 amide bonds. The van der Waals surface area contributed by atoms with E-state index >= 15 is 0 Å². The van der Waals surface area contributed by atoms with Gasteiger partial charge in [-0.3, -0.25) is 9.78 Å². The third kappa shape index (κ3) is 3.85. The van der Waals surface area contributed by atoms with Crippen LogP contribution < -0.4 is 5.32 Å². The number of halogens is 2. The lowest BCUT2D eigenvalue weighted by Gasteiger charge is -2.11. The molecule has 1 aromatic carbocycles. The first-order chi connectivity index (χ1) is 12.9. The van der Waals surface area contributed by atoms with Gasteiger partial charge in [-0.1, -0.05) is 6.07 Å². The predicted molar refractivity (Wildman–Crippen MR) is 97.9 cm³/mol. The number of nitrogens with one attached hydrogen (secondary N) is 1. The molecule has 0 unspecified atom stereocenters. The Balaban J connectivity index is 1.88. The molecule has 0 aliphatic carbocycles. The number of aryl methyl sites for hydroxylation is 1. The highest BCUT2D eigenvalue weighted by atomic mass is 32.1. The van der Waals surface area contributed by atoms with Crippen molar-refractivity contribution in [3.05, 3.63) is 70.2 Å². The smallest absolute Gasteiger partial charge is 0.340 e.